The van der Waals surface area contributed by atoms with Crippen LogP contribution in [0.25, 0.3) is 0 Å². The van der Waals surface area contributed by atoms with E-state index in [0.717, 1.165) is 0 Å². The van der Waals surface area contributed by atoms with Gasteiger partial charge >= 0.3 is 6.36 Å². The van der Waals surface area contributed by atoms with E-state index in [1.165, 1.54) is 24.3 Å². The van der Waals surface area contributed by atoms with Gasteiger partial charge in [-0.1, -0.05) is 25.6 Å². The van der Waals surface area contributed by atoms with Crippen LogP contribution in [0.15, 0.2) is 30.3 Å². The van der Waals surface area contributed by atoms with Crippen molar-refractivity contribution in [3.05, 3.63) is 30.3 Å². The Morgan fingerprint density at radius 2 is 1.50 bits per heavy atom. The lowest BCUT2D eigenvalue weighted by molar-refractivity contribution is -0.274. The Bertz CT molecular complexity index is 217. The van der Waals surface area contributed by atoms with E-state index in [2.05, 4.69) is 4.74 Å². The minimum Gasteiger partial charge on any atom is -0.406 e. The Morgan fingerprint density at radius 3 is 1.92 bits per heavy atom. The van der Waals surface area contributed by atoms with Crippen molar-refractivity contribution >= 4 is 0 Å². The van der Waals surface area contributed by atoms with Crippen LogP contribution >= 0.6 is 0 Å². The monoisotopic (exact) mass is 178 g/mol. The Balaban J connectivity index is 0.00000121. The summed E-state index contributed by atoms with van der Waals surface area (Å²) in [5.74, 6) is -0.194. The molecule has 0 bridgehead atoms. The molecule has 0 aliphatic carbocycles. The molecule has 0 aliphatic heterocycles. The summed E-state index contributed by atoms with van der Waals surface area (Å²) < 4.78 is 38.2. The van der Waals surface area contributed by atoms with Gasteiger partial charge in [-0.15, -0.1) is 13.2 Å². The molecule has 0 atom stereocenters. The van der Waals surface area contributed by atoms with Crippen molar-refractivity contribution < 1.29 is 17.9 Å². The molecule has 1 aromatic carbocycles. The molecular formula is C8H9F3O. The Morgan fingerprint density at radius 1 is 1.00 bits per heavy atom. The quantitative estimate of drug-likeness (QED) is 0.641. The molecule has 0 saturated carbocycles. The zero-order chi connectivity index (χ0) is 8.32. The highest BCUT2D eigenvalue weighted by Gasteiger charge is 2.30. The summed E-state index contributed by atoms with van der Waals surface area (Å²) in [4.78, 5) is 0. The van der Waals surface area contributed by atoms with Gasteiger partial charge in [0.2, 0.25) is 0 Å². The highest BCUT2D eigenvalue weighted by molar-refractivity contribution is 5.20. The van der Waals surface area contributed by atoms with Crippen LogP contribution in [0.3, 0.4) is 0 Å². The molecule has 1 aromatic rings. The fraction of sp³-hybridized carbons (Fsp3) is 0.250. The molecular weight excluding hydrogens is 169 g/mol. The molecule has 1 rings (SSSR count). The average Bonchev–Trinajstić information content (AvgIpc) is 1.85. The summed E-state index contributed by atoms with van der Waals surface area (Å²) >= 11 is 0. The van der Waals surface area contributed by atoms with Crippen molar-refractivity contribution in [2.45, 2.75) is 13.8 Å². The zero-order valence-corrected chi connectivity index (χ0v) is 5.43. The van der Waals surface area contributed by atoms with E-state index < -0.39 is 6.36 Å². The van der Waals surface area contributed by atoms with Gasteiger partial charge in [0, 0.05) is 0 Å². The number of hydrogen-bond donors (Lipinski definition) is 0. The lowest BCUT2D eigenvalue weighted by atomic mass is 10.3. The van der Waals surface area contributed by atoms with Gasteiger partial charge in [-0.2, -0.15) is 0 Å². The van der Waals surface area contributed by atoms with E-state index in [0.29, 0.717) is 0 Å². The van der Waals surface area contributed by atoms with Gasteiger partial charge in [0.25, 0.3) is 0 Å². The normalized spacial score (nSPS) is 10.2. The van der Waals surface area contributed by atoms with Gasteiger partial charge in [-0.3, -0.25) is 0 Å². The van der Waals surface area contributed by atoms with Crippen LogP contribution in [-0.4, -0.2) is 6.36 Å². The molecule has 68 valence electrons. The highest BCUT2D eigenvalue weighted by Crippen LogP contribution is 2.21. The summed E-state index contributed by atoms with van der Waals surface area (Å²) in [5, 5.41) is 0. The van der Waals surface area contributed by atoms with Crippen LogP contribution in [0, 0.1) is 0 Å². The third kappa shape index (κ3) is 3.85. The average molecular weight is 178 g/mol. The van der Waals surface area contributed by atoms with Crippen LogP contribution in [0.5, 0.6) is 5.75 Å². The summed E-state index contributed by atoms with van der Waals surface area (Å²) in [6.45, 7) is 0. The van der Waals surface area contributed by atoms with Crippen molar-refractivity contribution in [2.24, 2.45) is 0 Å². The van der Waals surface area contributed by atoms with Crippen LogP contribution in [0.2, 0.25) is 0 Å². The summed E-state index contributed by atoms with van der Waals surface area (Å²) in [5.41, 5.74) is 0. The number of halogens is 3. The molecule has 0 spiro atoms. The van der Waals surface area contributed by atoms with Crippen LogP contribution in [0.1, 0.15) is 7.43 Å². The molecule has 0 aliphatic rings. The predicted octanol–water partition coefficient (Wildman–Crippen LogP) is 3.22. The topological polar surface area (TPSA) is 9.23 Å². The summed E-state index contributed by atoms with van der Waals surface area (Å²) in [7, 11) is 0. The minimum atomic E-state index is -4.60. The Hall–Kier alpha value is -1.19. The highest BCUT2D eigenvalue weighted by atomic mass is 19.4. The first-order valence-corrected chi connectivity index (χ1v) is 2.89. The van der Waals surface area contributed by atoms with E-state index in [1.54, 1.807) is 6.07 Å². The smallest absolute Gasteiger partial charge is 0.406 e. The first-order valence-electron chi connectivity index (χ1n) is 2.89. The van der Waals surface area contributed by atoms with Gasteiger partial charge in [0.1, 0.15) is 5.75 Å². The second-order valence-electron chi connectivity index (χ2n) is 1.86. The lowest BCUT2D eigenvalue weighted by Gasteiger charge is -2.07. The maximum Gasteiger partial charge on any atom is 0.573 e. The first-order chi connectivity index (χ1) is 5.08. The molecule has 0 N–H and O–H groups in total. The fourth-order valence-electron chi connectivity index (χ4n) is 0.622. The number of rotatable bonds is 1. The third-order valence-electron chi connectivity index (χ3n) is 0.977. The summed E-state index contributed by atoms with van der Waals surface area (Å²) in [6.07, 6.45) is -4.60. The van der Waals surface area contributed by atoms with Gasteiger partial charge in [0.05, 0.1) is 0 Å². The zero-order valence-electron chi connectivity index (χ0n) is 5.43. The number of alkyl halides is 3. The van der Waals surface area contributed by atoms with Crippen molar-refractivity contribution in [1.29, 1.82) is 0 Å². The van der Waals surface area contributed by atoms with Crippen molar-refractivity contribution in [3.8, 4) is 5.75 Å². The Labute approximate surface area is 68.8 Å². The second-order valence-corrected chi connectivity index (χ2v) is 1.86. The van der Waals surface area contributed by atoms with E-state index in [1.807, 2.05) is 0 Å². The number of hydrogen-bond acceptors (Lipinski definition) is 1. The molecule has 0 fully saturated rings. The molecule has 0 amide bonds. The van der Waals surface area contributed by atoms with Crippen molar-refractivity contribution in [1.82, 2.24) is 0 Å². The maximum absolute atomic E-state index is 11.5. The number of benzene rings is 1. The Kier molecular flexibility index (Phi) is 3.60. The van der Waals surface area contributed by atoms with Gasteiger partial charge in [-0.25, -0.2) is 0 Å². The van der Waals surface area contributed by atoms with E-state index >= 15 is 0 Å². The van der Waals surface area contributed by atoms with Crippen LogP contribution in [0.4, 0.5) is 13.2 Å². The molecule has 0 unspecified atom stereocenters. The number of ether oxygens (including phenoxy) is 1. The molecule has 12 heavy (non-hydrogen) atoms. The SMILES string of the molecule is C.FC(F)(F)Oc1ccccc1. The van der Waals surface area contributed by atoms with E-state index in [4.69, 9.17) is 0 Å². The number of para-hydroxylation sites is 1. The molecule has 4 heteroatoms. The fourth-order valence-corrected chi connectivity index (χ4v) is 0.622. The molecule has 1 nitrogen and oxygen atoms in total. The van der Waals surface area contributed by atoms with Gasteiger partial charge in [0.15, 0.2) is 0 Å². The maximum atomic E-state index is 11.5. The van der Waals surface area contributed by atoms with Crippen LogP contribution < -0.4 is 4.74 Å². The second kappa shape index (κ2) is 3.99. The molecule has 0 saturated heterocycles. The molecule has 0 radical (unpaired) electrons. The molecule has 0 aromatic heterocycles. The lowest BCUT2D eigenvalue weighted by Crippen LogP contribution is -2.16. The third-order valence-corrected chi connectivity index (χ3v) is 0.977. The predicted molar refractivity (Wildman–Crippen MR) is 39.9 cm³/mol. The van der Waals surface area contributed by atoms with Crippen molar-refractivity contribution in [2.75, 3.05) is 0 Å². The first kappa shape index (κ1) is 10.8. The summed E-state index contributed by atoms with van der Waals surface area (Å²) in [6, 6.07) is 7.05. The van der Waals surface area contributed by atoms with E-state index in [9.17, 15) is 13.2 Å². The molecule has 0 heterocycles. The van der Waals surface area contributed by atoms with E-state index in [-0.39, 0.29) is 13.2 Å². The van der Waals surface area contributed by atoms with Crippen molar-refractivity contribution in [3.63, 3.8) is 0 Å². The van der Waals surface area contributed by atoms with Crippen LogP contribution in [-0.2, 0) is 0 Å². The largest absolute Gasteiger partial charge is 0.573 e. The minimum absolute atomic E-state index is 0. The van der Waals surface area contributed by atoms with Gasteiger partial charge < -0.3 is 4.74 Å². The standard InChI is InChI=1S/C7H5F3O.CH4/c8-7(9,10)11-6-4-2-1-3-5-6;/h1-5H;1H4. The van der Waals surface area contributed by atoms with Gasteiger partial charge in [-0.05, 0) is 12.1 Å².